The Morgan fingerprint density at radius 2 is 1.15 bits per heavy atom. The topological polar surface area (TPSA) is 59.0 Å². The second-order valence-corrected chi connectivity index (χ2v) is 13.6. The molecule has 0 aliphatic carbocycles. The molecule has 1 unspecified atom stereocenters. The molecule has 7 heteroatoms. The van der Waals surface area contributed by atoms with E-state index in [1.165, 1.54) is 0 Å². The molecule has 0 radical (unpaired) electrons. The van der Waals surface area contributed by atoms with Crippen molar-refractivity contribution in [2.45, 2.75) is 0 Å². The maximum absolute atomic E-state index is 11.0. The van der Waals surface area contributed by atoms with Crippen molar-refractivity contribution in [2.24, 2.45) is 0 Å². The van der Waals surface area contributed by atoms with Gasteiger partial charge in [-0.15, -0.1) is 0 Å². The molecule has 202 valence electrons. The van der Waals surface area contributed by atoms with Crippen LogP contribution in [0.25, 0.3) is 43.5 Å². The standard InChI is InChI=1S/C34H27NO4P2/c1-35(40(31-17-9-7-15-27(31)36)32-18-10-8-16-28(32)37-2)41-38-29-21-19-23-11-3-5-13-25(23)33(29)34-26-14-6-4-12-24(26)20-22-30(34)39-41/h3-22,36H,1-2H3. The van der Waals surface area contributed by atoms with Gasteiger partial charge in [-0.05, 0) is 57.9 Å². The van der Waals surface area contributed by atoms with Crippen LogP contribution in [0, 0.1) is 0 Å². The summed E-state index contributed by atoms with van der Waals surface area (Å²) in [6, 6.07) is 40.5. The first-order valence-electron chi connectivity index (χ1n) is 13.3. The van der Waals surface area contributed by atoms with E-state index < -0.39 is 16.2 Å². The van der Waals surface area contributed by atoms with E-state index in [-0.39, 0.29) is 5.75 Å². The number of hydrogen-bond donors (Lipinski definition) is 1. The smallest absolute Gasteiger partial charge is 0.313 e. The average Bonchev–Trinajstić information content (AvgIpc) is 3.20. The Morgan fingerprint density at radius 3 is 1.73 bits per heavy atom. The Labute approximate surface area is 239 Å². The molecule has 7 rings (SSSR count). The van der Waals surface area contributed by atoms with Crippen LogP contribution in [0.4, 0.5) is 0 Å². The highest BCUT2D eigenvalue weighted by atomic mass is 31.2. The molecule has 1 heterocycles. The minimum Gasteiger partial charge on any atom is -0.507 e. The molecule has 0 bridgehead atoms. The van der Waals surface area contributed by atoms with E-state index in [0.717, 1.165) is 59.8 Å². The van der Waals surface area contributed by atoms with Crippen LogP contribution in [0.1, 0.15) is 0 Å². The van der Waals surface area contributed by atoms with Gasteiger partial charge in [-0.2, -0.15) is 4.44 Å². The van der Waals surface area contributed by atoms with Crippen molar-refractivity contribution in [3.8, 4) is 11.5 Å². The molecule has 41 heavy (non-hydrogen) atoms. The molecule has 1 N–H and O–H groups in total. The Bertz CT molecular complexity index is 2010. The minimum atomic E-state index is -1.66. The molecule has 0 saturated heterocycles. The highest BCUT2D eigenvalue weighted by molar-refractivity contribution is 7.81. The fourth-order valence-electron chi connectivity index (χ4n) is 5.44. The summed E-state index contributed by atoms with van der Waals surface area (Å²) in [6.45, 7) is 0. The fourth-order valence-corrected chi connectivity index (χ4v) is 9.74. The zero-order valence-corrected chi connectivity index (χ0v) is 24.3. The third-order valence-electron chi connectivity index (χ3n) is 7.33. The quantitative estimate of drug-likeness (QED) is 0.208. The summed E-state index contributed by atoms with van der Waals surface area (Å²) >= 11 is 0. The van der Waals surface area contributed by atoms with Crippen LogP contribution in [0.5, 0.6) is 11.5 Å². The zero-order chi connectivity index (χ0) is 27.9. The van der Waals surface area contributed by atoms with Gasteiger partial charge in [-0.1, -0.05) is 84.9 Å². The van der Waals surface area contributed by atoms with Gasteiger partial charge in [0.15, 0.2) is 0 Å². The Balaban J connectivity index is 1.58. The summed E-state index contributed by atoms with van der Waals surface area (Å²) in [5.74, 6) is 0.968. The third-order valence-corrected chi connectivity index (χ3v) is 11.7. The van der Waals surface area contributed by atoms with Crippen LogP contribution in [-0.2, 0) is 0 Å². The SMILES string of the molecule is COc1ccccc1P(c1ccccc1O)N(C)p1oc2ccc3ccccc3c2c2c(ccc3ccccc32)o1. The van der Waals surface area contributed by atoms with Crippen molar-refractivity contribution in [2.75, 3.05) is 18.6 Å². The van der Waals surface area contributed by atoms with E-state index in [9.17, 15) is 5.11 Å². The van der Waals surface area contributed by atoms with Gasteiger partial charge in [0.25, 0.3) is 0 Å². The Kier molecular flexibility index (Phi) is 6.65. The summed E-state index contributed by atoms with van der Waals surface area (Å²) in [5.41, 5.74) is 1.54. The van der Waals surface area contributed by atoms with Crippen LogP contribution in [-0.4, -0.2) is 19.3 Å². The van der Waals surface area contributed by atoms with Crippen LogP contribution >= 0.6 is 16.2 Å². The molecular formula is C34H27NO4P2. The number of benzene rings is 6. The normalized spacial score (nSPS) is 12.4. The summed E-state index contributed by atoms with van der Waals surface area (Å²) in [7, 11) is 0.704. The van der Waals surface area contributed by atoms with Gasteiger partial charge in [0.1, 0.15) is 22.7 Å². The van der Waals surface area contributed by atoms with Crippen molar-refractivity contribution < 1.29 is 18.2 Å². The molecule has 1 atom stereocenters. The molecule has 0 spiro atoms. The van der Waals surface area contributed by atoms with E-state index in [2.05, 4.69) is 65.1 Å². The molecule has 0 aliphatic heterocycles. The highest BCUT2D eigenvalue weighted by Crippen LogP contribution is 2.52. The lowest BCUT2D eigenvalue weighted by Crippen LogP contribution is -2.24. The number of nitrogens with zero attached hydrogens (tertiary/aromatic N) is 1. The minimum absolute atomic E-state index is 0.221. The van der Waals surface area contributed by atoms with Crippen molar-refractivity contribution in [1.29, 1.82) is 0 Å². The second-order valence-electron chi connectivity index (χ2n) is 9.70. The van der Waals surface area contributed by atoms with E-state index in [1.54, 1.807) is 13.2 Å². The first-order chi connectivity index (χ1) is 20.1. The molecule has 0 amide bonds. The number of phenolic OH excluding ortho intramolecular Hbond substituents is 1. The van der Waals surface area contributed by atoms with Gasteiger partial charge in [0.05, 0.1) is 7.11 Å². The number of para-hydroxylation sites is 2. The van der Waals surface area contributed by atoms with Crippen molar-refractivity contribution in [1.82, 2.24) is 0 Å². The monoisotopic (exact) mass is 575 g/mol. The Morgan fingerprint density at radius 1 is 0.634 bits per heavy atom. The summed E-state index contributed by atoms with van der Waals surface area (Å²) in [6.07, 6.45) is 0. The van der Waals surface area contributed by atoms with Crippen molar-refractivity contribution >= 4 is 70.3 Å². The zero-order valence-electron chi connectivity index (χ0n) is 22.6. The van der Waals surface area contributed by atoms with Crippen LogP contribution in [0.3, 0.4) is 0 Å². The van der Waals surface area contributed by atoms with E-state index in [0.29, 0.717) is 0 Å². The van der Waals surface area contributed by atoms with Gasteiger partial charge in [0, 0.05) is 36.5 Å². The number of fused-ring (bicyclic) bond motifs is 7. The van der Waals surface area contributed by atoms with Gasteiger partial charge in [-0.25, -0.2) is 0 Å². The maximum atomic E-state index is 11.0. The van der Waals surface area contributed by atoms with Crippen LogP contribution in [0.2, 0.25) is 0 Å². The van der Waals surface area contributed by atoms with Crippen molar-refractivity contribution in [3.63, 3.8) is 0 Å². The number of rotatable bonds is 5. The molecule has 7 aromatic rings. The van der Waals surface area contributed by atoms with E-state index in [1.807, 2.05) is 61.6 Å². The summed E-state index contributed by atoms with van der Waals surface area (Å²) in [5, 5.41) is 19.3. The number of phenols is 1. The first-order valence-corrected chi connectivity index (χ1v) is 15.7. The lowest BCUT2D eigenvalue weighted by molar-refractivity contribution is 0.418. The molecule has 0 saturated carbocycles. The van der Waals surface area contributed by atoms with Gasteiger partial charge in [-0.3, -0.25) is 0 Å². The number of hydrogen-bond acceptors (Lipinski definition) is 5. The first kappa shape index (κ1) is 25.7. The summed E-state index contributed by atoms with van der Waals surface area (Å²) in [4.78, 5) is 0. The molecule has 0 aliphatic rings. The lowest BCUT2D eigenvalue weighted by Gasteiger charge is -2.27. The number of aromatic hydroxyl groups is 1. The average molecular weight is 576 g/mol. The van der Waals surface area contributed by atoms with Crippen LogP contribution in [0.15, 0.2) is 130 Å². The largest absolute Gasteiger partial charge is 0.507 e. The van der Waals surface area contributed by atoms with Gasteiger partial charge in [0.2, 0.25) is 0 Å². The van der Waals surface area contributed by atoms with Crippen molar-refractivity contribution in [3.05, 3.63) is 121 Å². The molecule has 0 fully saturated rings. The molecule has 1 aromatic heterocycles. The van der Waals surface area contributed by atoms with E-state index >= 15 is 0 Å². The predicted molar refractivity (Wildman–Crippen MR) is 173 cm³/mol. The molecular weight excluding hydrogens is 548 g/mol. The Hall–Kier alpha value is -4.27. The number of ether oxygens (including phenoxy) is 1. The predicted octanol–water partition coefficient (Wildman–Crippen LogP) is 8.93. The maximum Gasteiger partial charge on any atom is 0.313 e. The summed E-state index contributed by atoms with van der Waals surface area (Å²) < 4.78 is 21.6. The number of methoxy groups -OCH3 is 1. The molecule has 5 nitrogen and oxygen atoms in total. The van der Waals surface area contributed by atoms with Gasteiger partial charge < -0.3 is 18.2 Å². The second kappa shape index (κ2) is 10.6. The van der Waals surface area contributed by atoms with Gasteiger partial charge >= 0.3 is 8.16 Å². The molecule has 6 aromatic carbocycles. The highest BCUT2D eigenvalue weighted by Gasteiger charge is 2.29. The van der Waals surface area contributed by atoms with Crippen LogP contribution < -0.4 is 19.8 Å². The van der Waals surface area contributed by atoms with E-state index in [4.69, 9.17) is 13.1 Å². The fraction of sp³-hybridized carbons (Fsp3) is 0.0588. The third kappa shape index (κ3) is 4.44. The lowest BCUT2D eigenvalue weighted by atomic mass is 9.99.